The molecule has 1 aliphatic rings. The number of carbonyl (C=O) groups is 1. The SMILES string of the molecule is COC(=O)C1CC(O)CN1Cc1csc(C(C)(C)C)n1. The van der Waals surface area contributed by atoms with Gasteiger partial charge in [-0.25, -0.2) is 4.98 Å². The lowest BCUT2D eigenvalue weighted by Crippen LogP contribution is -2.36. The monoisotopic (exact) mass is 298 g/mol. The maximum Gasteiger partial charge on any atom is 0.323 e. The normalized spacial score (nSPS) is 24.1. The molecule has 0 aromatic carbocycles. The van der Waals surface area contributed by atoms with Crippen molar-refractivity contribution in [3.8, 4) is 0 Å². The van der Waals surface area contributed by atoms with Crippen molar-refractivity contribution in [2.45, 2.75) is 51.3 Å². The first-order valence-electron chi connectivity index (χ1n) is 6.76. The van der Waals surface area contributed by atoms with Crippen LogP contribution in [-0.4, -0.2) is 46.8 Å². The Bertz CT molecular complexity index is 481. The highest BCUT2D eigenvalue weighted by Crippen LogP contribution is 2.27. The Kier molecular flexibility index (Phi) is 4.46. The molecule has 1 aliphatic heterocycles. The minimum Gasteiger partial charge on any atom is -0.468 e. The Morgan fingerprint density at radius 3 is 2.85 bits per heavy atom. The second-order valence-electron chi connectivity index (χ2n) is 6.25. The first kappa shape index (κ1) is 15.4. The molecular formula is C14H22N2O3S. The van der Waals surface area contributed by atoms with E-state index in [2.05, 4.69) is 25.8 Å². The summed E-state index contributed by atoms with van der Waals surface area (Å²) in [6, 6.07) is -0.366. The number of aliphatic hydroxyl groups excluding tert-OH is 1. The third-order valence-corrected chi connectivity index (χ3v) is 4.73. The average molecular weight is 298 g/mol. The van der Waals surface area contributed by atoms with Gasteiger partial charge in [0.2, 0.25) is 0 Å². The van der Waals surface area contributed by atoms with Gasteiger partial charge < -0.3 is 9.84 Å². The van der Waals surface area contributed by atoms with Gasteiger partial charge in [-0.2, -0.15) is 0 Å². The Labute approximate surface area is 123 Å². The van der Waals surface area contributed by atoms with E-state index in [-0.39, 0.29) is 17.4 Å². The minimum atomic E-state index is -0.472. The van der Waals surface area contributed by atoms with Crippen LogP contribution in [0.5, 0.6) is 0 Å². The fraction of sp³-hybridized carbons (Fsp3) is 0.714. The van der Waals surface area contributed by atoms with Crippen molar-refractivity contribution in [3.05, 3.63) is 16.1 Å². The van der Waals surface area contributed by atoms with Crippen LogP contribution in [0.15, 0.2) is 5.38 Å². The summed E-state index contributed by atoms with van der Waals surface area (Å²) in [5, 5.41) is 12.9. The van der Waals surface area contributed by atoms with Crippen LogP contribution >= 0.6 is 11.3 Å². The maximum atomic E-state index is 11.7. The van der Waals surface area contributed by atoms with Crippen LogP contribution in [0, 0.1) is 0 Å². The van der Waals surface area contributed by atoms with Gasteiger partial charge in [0.15, 0.2) is 0 Å². The summed E-state index contributed by atoms with van der Waals surface area (Å²) in [5.74, 6) is -0.284. The van der Waals surface area contributed by atoms with Gasteiger partial charge in [0.25, 0.3) is 0 Å². The van der Waals surface area contributed by atoms with Gasteiger partial charge in [-0.3, -0.25) is 9.69 Å². The molecule has 2 rings (SSSR count). The molecule has 2 heterocycles. The van der Waals surface area contributed by atoms with Crippen molar-refractivity contribution in [1.82, 2.24) is 9.88 Å². The van der Waals surface area contributed by atoms with Gasteiger partial charge in [0.1, 0.15) is 6.04 Å². The van der Waals surface area contributed by atoms with E-state index in [0.29, 0.717) is 19.5 Å². The summed E-state index contributed by atoms with van der Waals surface area (Å²) >= 11 is 1.64. The van der Waals surface area contributed by atoms with E-state index in [1.54, 1.807) is 11.3 Å². The smallest absolute Gasteiger partial charge is 0.323 e. The van der Waals surface area contributed by atoms with Crippen molar-refractivity contribution in [3.63, 3.8) is 0 Å². The predicted octanol–water partition coefficient (Wildman–Crippen LogP) is 1.55. The second kappa shape index (κ2) is 5.79. The van der Waals surface area contributed by atoms with Gasteiger partial charge in [-0.05, 0) is 0 Å². The van der Waals surface area contributed by atoms with Gasteiger partial charge in [-0.1, -0.05) is 20.8 Å². The lowest BCUT2D eigenvalue weighted by atomic mass is 9.98. The molecule has 0 amide bonds. The van der Waals surface area contributed by atoms with Crippen molar-refractivity contribution in [1.29, 1.82) is 0 Å². The molecule has 1 saturated heterocycles. The van der Waals surface area contributed by atoms with E-state index in [9.17, 15) is 9.90 Å². The van der Waals surface area contributed by atoms with Crippen molar-refractivity contribution < 1.29 is 14.6 Å². The van der Waals surface area contributed by atoms with Crippen LogP contribution in [-0.2, 0) is 21.5 Å². The molecule has 0 radical (unpaired) electrons. The summed E-state index contributed by atoms with van der Waals surface area (Å²) in [6.07, 6.45) is -0.0389. The van der Waals surface area contributed by atoms with Gasteiger partial charge >= 0.3 is 5.97 Å². The van der Waals surface area contributed by atoms with Crippen LogP contribution in [0.2, 0.25) is 0 Å². The van der Waals surface area contributed by atoms with Crippen LogP contribution < -0.4 is 0 Å². The lowest BCUT2D eigenvalue weighted by Gasteiger charge is -2.21. The standard InChI is InChI=1S/C14H22N2O3S/c1-14(2,3)13-15-9(8-20-13)6-16-7-10(17)5-11(16)12(18)19-4/h8,10-11,17H,5-7H2,1-4H3. The fourth-order valence-corrected chi connectivity index (χ4v) is 3.27. The number of carbonyl (C=O) groups excluding carboxylic acids is 1. The number of likely N-dealkylation sites (tertiary alicyclic amines) is 1. The predicted molar refractivity (Wildman–Crippen MR) is 77.7 cm³/mol. The third kappa shape index (κ3) is 3.37. The minimum absolute atomic E-state index is 0.0369. The molecule has 0 spiro atoms. The molecule has 2 unspecified atom stereocenters. The molecule has 6 heteroatoms. The Morgan fingerprint density at radius 2 is 2.30 bits per heavy atom. The average Bonchev–Trinajstić information content (AvgIpc) is 2.95. The molecule has 2 atom stereocenters. The zero-order chi connectivity index (χ0) is 14.9. The molecule has 1 aromatic rings. The molecular weight excluding hydrogens is 276 g/mol. The first-order chi connectivity index (χ1) is 9.31. The van der Waals surface area contributed by atoms with Crippen LogP contribution in [0.1, 0.15) is 37.9 Å². The van der Waals surface area contributed by atoms with E-state index in [1.165, 1.54) is 7.11 Å². The highest BCUT2D eigenvalue weighted by atomic mass is 32.1. The largest absolute Gasteiger partial charge is 0.468 e. The topological polar surface area (TPSA) is 62.7 Å². The van der Waals surface area contributed by atoms with Crippen molar-refractivity contribution in [2.75, 3.05) is 13.7 Å². The highest BCUT2D eigenvalue weighted by molar-refractivity contribution is 7.09. The Hall–Kier alpha value is -0.980. The summed E-state index contributed by atoms with van der Waals surface area (Å²) in [4.78, 5) is 18.3. The first-order valence-corrected chi connectivity index (χ1v) is 7.64. The van der Waals surface area contributed by atoms with E-state index < -0.39 is 6.10 Å². The number of hydrogen-bond acceptors (Lipinski definition) is 6. The molecule has 0 saturated carbocycles. The summed E-state index contributed by atoms with van der Waals surface area (Å²) < 4.78 is 4.80. The van der Waals surface area contributed by atoms with E-state index in [4.69, 9.17) is 4.74 Å². The number of aromatic nitrogens is 1. The molecule has 5 nitrogen and oxygen atoms in total. The molecule has 20 heavy (non-hydrogen) atoms. The van der Waals surface area contributed by atoms with E-state index in [1.807, 2.05) is 10.3 Å². The quantitative estimate of drug-likeness (QED) is 0.858. The number of methoxy groups -OCH3 is 1. The summed E-state index contributed by atoms with van der Waals surface area (Å²) in [5.41, 5.74) is 0.984. The molecule has 0 aliphatic carbocycles. The van der Waals surface area contributed by atoms with Gasteiger partial charge in [0, 0.05) is 30.3 Å². The second-order valence-corrected chi connectivity index (χ2v) is 7.11. The maximum absolute atomic E-state index is 11.7. The van der Waals surface area contributed by atoms with E-state index in [0.717, 1.165) is 10.7 Å². The molecule has 112 valence electrons. The Morgan fingerprint density at radius 1 is 1.60 bits per heavy atom. The fourth-order valence-electron chi connectivity index (χ4n) is 2.37. The highest BCUT2D eigenvalue weighted by Gasteiger charge is 2.37. The number of esters is 1. The third-order valence-electron chi connectivity index (χ3n) is 3.41. The van der Waals surface area contributed by atoms with Crippen LogP contribution in [0.25, 0.3) is 0 Å². The van der Waals surface area contributed by atoms with Crippen LogP contribution in [0.3, 0.4) is 0 Å². The number of aliphatic hydroxyl groups is 1. The van der Waals surface area contributed by atoms with E-state index >= 15 is 0 Å². The molecule has 1 aromatic heterocycles. The van der Waals surface area contributed by atoms with Crippen molar-refractivity contribution in [2.24, 2.45) is 0 Å². The zero-order valence-corrected chi connectivity index (χ0v) is 13.2. The van der Waals surface area contributed by atoms with Crippen LogP contribution in [0.4, 0.5) is 0 Å². The lowest BCUT2D eigenvalue weighted by molar-refractivity contribution is -0.146. The number of ether oxygens (including phenoxy) is 1. The Balaban J connectivity index is 2.08. The molecule has 1 N–H and O–H groups in total. The van der Waals surface area contributed by atoms with Gasteiger partial charge in [-0.15, -0.1) is 11.3 Å². The summed E-state index contributed by atoms with van der Waals surface area (Å²) in [6.45, 7) is 7.46. The molecule has 0 bridgehead atoms. The van der Waals surface area contributed by atoms with Crippen molar-refractivity contribution >= 4 is 17.3 Å². The van der Waals surface area contributed by atoms with Gasteiger partial charge in [0.05, 0.1) is 23.9 Å². The summed E-state index contributed by atoms with van der Waals surface area (Å²) in [7, 11) is 1.38. The number of rotatable bonds is 3. The number of β-amino-alcohol motifs (C(OH)–C–C–N with tert-alkyl or cyclic N) is 1. The number of nitrogens with zero attached hydrogens (tertiary/aromatic N) is 2. The number of thiazole rings is 1. The molecule has 1 fully saturated rings. The zero-order valence-electron chi connectivity index (χ0n) is 12.4. The number of hydrogen-bond donors (Lipinski definition) is 1.